The van der Waals surface area contributed by atoms with Crippen LogP contribution in [0.1, 0.15) is 46.0 Å². The number of aromatic nitrogens is 6. The van der Waals surface area contributed by atoms with E-state index in [4.69, 9.17) is 26.8 Å². The van der Waals surface area contributed by atoms with E-state index in [0.717, 1.165) is 45.1 Å². The molecule has 0 bridgehead atoms. The van der Waals surface area contributed by atoms with Crippen molar-refractivity contribution in [2.24, 2.45) is 17.6 Å². The lowest BCUT2D eigenvalue weighted by Crippen LogP contribution is -2.35. The van der Waals surface area contributed by atoms with Gasteiger partial charge in [0.1, 0.15) is 34.0 Å². The van der Waals surface area contributed by atoms with Crippen LogP contribution in [-0.4, -0.2) is 118 Å². The number of halogens is 7. The summed E-state index contributed by atoms with van der Waals surface area (Å²) in [6.07, 6.45) is -0.432. The minimum absolute atomic E-state index is 0.221. The predicted octanol–water partition coefficient (Wildman–Crippen LogP) is 9.47. The summed E-state index contributed by atoms with van der Waals surface area (Å²) < 4.78 is 96.9. The molecule has 0 unspecified atom stereocenters. The summed E-state index contributed by atoms with van der Waals surface area (Å²) in [5, 5.41) is 12.3. The van der Waals surface area contributed by atoms with Gasteiger partial charge >= 0.3 is 12.7 Å². The number of imidazole rings is 2. The molecule has 0 aliphatic carbocycles. The number of hydrogen-bond acceptors (Lipinski definition) is 12. The number of nitrogens with one attached hydrogen (secondary N) is 1. The van der Waals surface area contributed by atoms with Gasteiger partial charge in [-0.3, -0.25) is 0 Å². The van der Waals surface area contributed by atoms with Crippen molar-refractivity contribution < 1.29 is 45.3 Å². The molecular formula is C45H55ClF6N10O4. The average Bonchev–Trinajstić information content (AvgIpc) is 3.92. The quantitative estimate of drug-likeness (QED) is 0.107. The van der Waals surface area contributed by atoms with Crippen molar-refractivity contribution >= 4 is 28.7 Å². The highest BCUT2D eigenvalue weighted by atomic mass is 35.5. The summed E-state index contributed by atoms with van der Waals surface area (Å²) in [4.78, 5) is 13.4. The third-order valence-electron chi connectivity index (χ3n) is 11.6. The van der Waals surface area contributed by atoms with Gasteiger partial charge in [-0.25, -0.2) is 19.0 Å². The number of piperidine rings is 2. The smallest absolute Gasteiger partial charge is 0.496 e. The molecule has 0 radical (unpaired) electrons. The number of likely N-dealkylation sites (tertiary alicyclic amines) is 2. The molecule has 21 heteroatoms. The monoisotopic (exact) mass is 948 g/mol. The zero-order valence-corrected chi connectivity index (χ0v) is 38.0. The van der Waals surface area contributed by atoms with Gasteiger partial charge in [-0.05, 0) is 150 Å². The van der Waals surface area contributed by atoms with Crippen LogP contribution >= 0.6 is 11.6 Å². The first-order valence-corrected chi connectivity index (χ1v) is 22.1. The van der Waals surface area contributed by atoms with Gasteiger partial charge in [0.25, 0.3) is 0 Å². The lowest BCUT2D eigenvalue weighted by molar-refractivity contribution is -0.275. The van der Waals surface area contributed by atoms with Crippen LogP contribution in [0.4, 0.5) is 32.2 Å². The Morgan fingerprint density at radius 2 is 1.14 bits per heavy atom. The minimum atomic E-state index is -4.78. The Labute approximate surface area is 383 Å². The highest BCUT2D eigenvalue weighted by Gasteiger charge is 2.32. The minimum Gasteiger partial charge on any atom is -0.496 e. The number of methoxy groups -OCH3 is 2. The molecule has 2 aromatic carbocycles. The summed E-state index contributed by atoms with van der Waals surface area (Å²) in [7, 11) is 2.87. The fraction of sp³-hybridized carbons (Fsp3) is 0.467. The summed E-state index contributed by atoms with van der Waals surface area (Å²) in [5.74, 6) is 2.22. The number of ether oxygens (including phenoxy) is 4. The molecule has 2 aliphatic heterocycles. The number of anilines is 1. The molecule has 8 rings (SSSR count). The highest BCUT2D eigenvalue weighted by molar-refractivity contribution is 6.29. The summed E-state index contributed by atoms with van der Waals surface area (Å²) in [6, 6.07) is 14.5. The molecule has 6 heterocycles. The molecule has 0 amide bonds. The van der Waals surface area contributed by atoms with E-state index in [1.807, 2.05) is 12.1 Å². The van der Waals surface area contributed by atoms with Gasteiger partial charge in [0, 0.05) is 17.7 Å². The Bertz CT molecular complexity index is 2460. The fourth-order valence-corrected chi connectivity index (χ4v) is 8.03. The van der Waals surface area contributed by atoms with Crippen molar-refractivity contribution in [1.82, 2.24) is 39.0 Å². The molecule has 66 heavy (non-hydrogen) atoms. The number of fused-ring (bicyclic) bond motifs is 2. The van der Waals surface area contributed by atoms with E-state index < -0.39 is 12.7 Å². The topological polar surface area (TPSA) is 142 Å². The number of benzene rings is 2. The van der Waals surface area contributed by atoms with Crippen LogP contribution in [0.3, 0.4) is 0 Å². The Morgan fingerprint density at radius 3 is 1.59 bits per heavy atom. The van der Waals surface area contributed by atoms with Crippen LogP contribution in [-0.2, 0) is 0 Å². The van der Waals surface area contributed by atoms with Crippen molar-refractivity contribution in [3.05, 3.63) is 78.2 Å². The SMILES string of the molecule is CCN1CCC(CCNc2ccc3ncc(-c4cc(OC(F)(F)F)ccc4OC)n3n2)CC1.CCN1CCC(CN)CC1.COc1ccc(OC(F)(F)F)cc1-c1cnc2ccc(Cl)nn12. The molecule has 0 spiro atoms. The van der Waals surface area contributed by atoms with E-state index in [0.29, 0.717) is 57.0 Å². The normalized spacial score (nSPS) is 15.5. The second-order valence-corrected chi connectivity index (χ2v) is 16.1. The number of hydrogen-bond donors (Lipinski definition) is 2. The van der Waals surface area contributed by atoms with Crippen LogP contribution < -0.4 is 30.0 Å². The second kappa shape index (κ2) is 22.8. The van der Waals surface area contributed by atoms with E-state index >= 15 is 0 Å². The molecule has 4 aromatic heterocycles. The second-order valence-electron chi connectivity index (χ2n) is 15.7. The van der Waals surface area contributed by atoms with E-state index in [1.54, 1.807) is 22.8 Å². The zero-order valence-electron chi connectivity index (χ0n) is 37.2. The molecule has 6 aromatic rings. The zero-order chi connectivity index (χ0) is 47.4. The Morgan fingerprint density at radius 1 is 0.667 bits per heavy atom. The van der Waals surface area contributed by atoms with Crippen molar-refractivity contribution in [2.75, 3.05) is 71.9 Å². The number of alkyl halides is 6. The Balaban J connectivity index is 0.000000188. The molecule has 2 fully saturated rings. The summed E-state index contributed by atoms with van der Waals surface area (Å²) in [5.41, 5.74) is 8.32. The molecular weight excluding hydrogens is 894 g/mol. The van der Waals surface area contributed by atoms with E-state index in [1.165, 1.54) is 107 Å². The fourth-order valence-electron chi connectivity index (χ4n) is 7.89. The molecule has 14 nitrogen and oxygen atoms in total. The largest absolute Gasteiger partial charge is 0.573 e. The lowest BCUT2D eigenvalue weighted by atomic mass is 9.93. The van der Waals surface area contributed by atoms with Gasteiger partial charge < -0.3 is 39.8 Å². The van der Waals surface area contributed by atoms with Gasteiger partial charge in [0.2, 0.25) is 0 Å². The van der Waals surface area contributed by atoms with Gasteiger partial charge in [-0.15, -0.1) is 31.4 Å². The first kappa shape index (κ1) is 49.9. The highest BCUT2D eigenvalue weighted by Crippen LogP contribution is 2.37. The Kier molecular flexibility index (Phi) is 17.2. The number of rotatable bonds is 13. The third kappa shape index (κ3) is 13.7. The summed E-state index contributed by atoms with van der Waals surface area (Å²) in [6.45, 7) is 13.3. The van der Waals surface area contributed by atoms with Crippen LogP contribution in [0.2, 0.25) is 5.15 Å². The van der Waals surface area contributed by atoms with Crippen molar-refractivity contribution in [2.45, 2.75) is 58.7 Å². The summed E-state index contributed by atoms with van der Waals surface area (Å²) >= 11 is 5.86. The van der Waals surface area contributed by atoms with Gasteiger partial charge in [0.05, 0.1) is 38.0 Å². The van der Waals surface area contributed by atoms with E-state index in [9.17, 15) is 26.3 Å². The van der Waals surface area contributed by atoms with E-state index in [2.05, 4.69) is 58.6 Å². The molecule has 0 saturated carbocycles. The van der Waals surface area contributed by atoms with Crippen molar-refractivity contribution in [3.63, 3.8) is 0 Å². The molecule has 2 aliphatic rings. The van der Waals surface area contributed by atoms with Crippen LogP contribution in [0.15, 0.2) is 73.1 Å². The van der Waals surface area contributed by atoms with Crippen LogP contribution in [0.25, 0.3) is 33.8 Å². The molecule has 0 atom stereocenters. The van der Waals surface area contributed by atoms with Crippen molar-refractivity contribution in [1.29, 1.82) is 0 Å². The van der Waals surface area contributed by atoms with Gasteiger partial charge in [-0.1, -0.05) is 25.4 Å². The lowest BCUT2D eigenvalue weighted by Gasteiger charge is -2.31. The maximum absolute atomic E-state index is 12.7. The van der Waals surface area contributed by atoms with Gasteiger partial charge in [0.15, 0.2) is 11.3 Å². The predicted molar refractivity (Wildman–Crippen MR) is 240 cm³/mol. The van der Waals surface area contributed by atoms with Crippen LogP contribution in [0, 0.1) is 11.8 Å². The standard InChI is InChI=1S/C23H28F3N5O2.C14H9ClF3N3O2.C8H18N2/c1-3-30-12-9-16(10-13-30)8-11-27-21-6-7-22-28-15-19(31(22)29-21)18-14-17(33-23(24,25)26)4-5-20(18)32-2;1-22-11-3-2-8(23-14(16,17)18)6-9(11)10-7-19-13-5-4-12(15)20-21(10)13;1-2-10-5-3-8(7-9)4-6-10/h4-7,14-16H,3,8-13H2,1-2H3,(H,27,29);2-7H,1H3;8H,2-7,9H2,1H3. The molecule has 2 saturated heterocycles. The number of nitrogens with zero attached hydrogens (tertiary/aromatic N) is 8. The van der Waals surface area contributed by atoms with Crippen LogP contribution in [0.5, 0.6) is 23.0 Å². The maximum Gasteiger partial charge on any atom is 0.573 e. The van der Waals surface area contributed by atoms with Gasteiger partial charge in [-0.2, -0.15) is 5.10 Å². The molecule has 358 valence electrons. The van der Waals surface area contributed by atoms with Crippen molar-refractivity contribution in [3.8, 4) is 45.5 Å². The number of nitrogens with two attached hydrogens (primary N) is 1. The Hall–Kier alpha value is -5.57. The van der Waals surface area contributed by atoms with E-state index in [-0.39, 0.29) is 16.7 Å². The average molecular weight is 949 g/mol. The molecule has 3 N–H and O–H groups in total. The third-order valence-corrected chi connectivity index (χ3v) is 11.8. The first-order chi connectivity index (χ1) is 31.6. The maximum atomic E-state index is 12.7. The first-order valence-electron chi connectivity index (χ1n) is 21.7.